The highest BCUT2D eigenvalue weighted by Gasteiger charge is 2.38. The van der Waals surface area contributed by atoms with Crippen LogP contribution in [0, 0.1) is 23.5 Å². The fraction of sp³-hybridized carbons (Fsp3) is 0.562. The fourth-order valence-corrected chi connectivity index (χ4v) is 3.77. The summed E-state index contributed by atoms with van der Waals surface area (Å²) in [6, 6.07) is 3.23. The number of rotatable bonds is 3. The zero-order chi connectivity index (χ0) is 15.7. The Hall–Kier alpha value is -1.53. The minimum Gasteiger partial charge on any atom is -0.327 e. The van der Waals surface area contributed by atoms with Crippen molar-refractivity contribution < 1.29 is 13.6 Å². The highest BCUT2D eigenvalue weighted by Crippen LogP contribution is 2.35. The van der Waals surface area contributed by atoms with E-state index < -0.39 is 11.6 Å². The molecule has 1 amide bonds. The third kappa shape index (κ3) is 3.44. The molecule has 6 heteroatoms. The molecule has 0 radical (unpaired) electrons. The van der Waals surface area contributed by atoms with Gasteiger partial charge in [0, 0.05) is 30.9 Å². The van der Waals surface area contributed by atoms with Gasteiger partial charge in [-0.2, -0.15) is 0 Å². The van der Waals surface area contributed by atoms with Gasteiger partial charge in [-0.1, -0.05) is 6.42 Å². The lowest BCUT2D eigenvalue weighted by atomic mass is 9.78. The quantitative estimate of drug-likeness (QED) is 0.897. The second kappa shape index (κ2) is 6.30. The van der Waals surface area contributed by atoms with E-state index in [9.17, 15) is 13.6 Å². The Labute approximate surface area is 128 Å². The van der Waals surface area contributed by atoms with E-state index in [-0.39, 0.29) is 24.2 Å². The highest BCUT2D eigenvalue weighted by molar-refractivity contribution is 5.92. The molecule has 1 saturated heterocycles. The molecule has 1 heterocycles. The van der Waals surface area contributed by atoms with Gasteiger partial charge in [0.2, 0.25) is 5.91 Å². The molecular weight excluding hydrogens is 288 g/mol. The Morgan fingerprint density at radius 3 is 2.64 bits per heavy atom. The van der Waals surface area contributed by atoms with Crippen LogP contribution in [0.1, 0.15) is 19.3 Å². The van der Waals surface area contributed by atoms with Crippen molar-refractivity contribution in [3.05, 3.63) is 29.8 Å². The van der Waals surface area contributed by atoms with Crippen molar-refractivity contribution in [3.8, 4) is 0 Å². The lowest BCUT2D eigenvalue weighted by Gasteiger charge is -2.29. The van der Waals surface area contributed by atoms with Crippen molar-refractivity contribution in [1.29, 1.82) is 0 Å². The molecule has 3 atom stereocenters. The Balaban J connectivity index is 1.56. The first-order chi connectivity index (χ1) is 10.5. The second-order valence-electron chi connectivity index (χ2n) is 6.42. The summed E-state index contributed by atoms with van der Waals surface area (Å²) in [7, 11) is 0. The maximum absolute atomic E-state index is 13.1. The van der Waals surface area contributed by atoms with Crippen LogP contribution in [0.3, 0.4) is 0 Å². The lowest BCUT2D eigenvalue weighted by Crippen LogP contribution is -2.38. The standard InChI is InChI=1S/C16H21F2N3O/c17-11-4-12(18)6-13(5-11)20-16(22)9-21-7-10-2-1-3-15(19)14(10)8-21/h4-6,10,14-15H,1-3,7-9,19H2,(H,20,22). The van der Waals surface area contributed by atoms with Crippen LogP contribution in [-0.4, -0.2) is 36.5 Å². The largest absolute Gasteiger partial charge is 0.327 e. The molecule has 3 N–H and O–H groups in total. The van der Waals surface area contributed by atoms with Crippen molar-refractivity contribution in [2.24, 2.45) is 17.6 Å². The molecule has 1 aromatic carbocycles. The average Bonchev–Trinajstić information content (AvgIpc) is 2.81. The maximum atomic E-state index is 13.1. The summed E-state index contributed by atoms with van der Waals surface area (Å²) in [5.41, 5.74) is 6.31. The van der Waals surface area contributed by atoms with Crippen molar-refractivity contribution in [2.75, 3.05) is 25.0 Å². The number of nitrogens with zero attached hydrogens (tertiary/aromatic N) is 1. The number of hydrogen-bond acceptors (Lipinski definition) is 3. The van der Waals surface area contributed by atoms with E-state index >= 15 is 0 Å². The van der Waals surface area contributed by atoms with Gasteiger partial charge in [-0.25, -0.2) is 8.78 Å². The molecule has 22 heavy (non-hydrogen) atoms. The molecule has 1 aromatic rings. The summed E-state index contributed by atoms with van der Waals surface area (Å²) < 4.78 is 26.2. The van der Waals surface area contributed by atoms with Gasteiger partial charge in [0.1, 0.15) is 11.6 Å². The topological polar surface area (TPSA) is 58.4 Å². The minimum atomic E-state index is -0.700. The van der Waals surface area contributed by atoms with Crippen molar-refractivity contribution in [2.45, 2.75) is 25.3 Å². The molecule has 4 nitrogen and oxygen atoms in total. The van der Waals surface area contributed by atoms with Crippen LogP contribution >= 0.6 is 0 Å². The van der Waals surface area contributed by atoms with E-state index in [1.165, 1.54) is 6.42 Å². The van der Waals surface area contributed by atoms with Crippen molar-refractivity contribution in [3.63, 3.8) is 0 Å². The Kier molecular flexibility index (Phi) is 4.40. The first kappa shape index (κ1) is 15.4. The number of hydrogen-bond donors (Lipinski definition) is 2. The van der Waals surface area contributed by atoms with E-state index in [4.69, 9.17) is 5.73 Å². The maximum Gasteiger partial charge on any atom is 0.238 e. The first-order valence-electron chi connectivity index (χ1n) is 7.75. The van der Waals surface area contributed by atoms with E-state index in [1.807, 2.05) is 0 Å². The number of fused-ring (bicyclic) bond motifs is 1. The number of likely N-dealkylation sites (tertiary alicyclic amines) is 1. The number of carbonyl (C=O) groups is 1. The van der Waals surface area contributed by atoms with Gasteiger partial charge in [-0.05, 0) is 36.8 Å². The van der Waals surface area contributed by atoms with Crippen LogP contribution in [-0.2, 0) is 4.79 Å². The summed E-state index contributed by atoms with van der Waals surface area (Å²) in [5.74, 6) is -0.615. The summed E-state index contributed by atoms with van der Waals surface area (Å²) in [6.07, 6.45) is 3.39. The molecule has 3 unspecified atom stereocenters. The second-order valence-corrected chi connectivity index (χ2v) is 6.42. The Morgan fingerprint density at radius 1 is 1.23 bits per heavy atom. The number of carbonyl (C=O) groups excluding carboxylic acids is 1. The van der Waals surface area contributed by atoms with E-state index in [1.54, 1.807) is 0 Å². The molecule has 1 aliphatic heterocycles. The molecule has 2 aliphatic rings. The van der Waals surface area contributed by atoms with E-state index in [0.29, 0.717) is 11.8 Å². The molecule has 120 valence electrons. The number of amides is 1. The van der Waals surface area contributed by atoms with E-state index in [0.717, 1.165) is 44.1 Å². The number of halogens is 2. The predicted octanol–water partition coefficient (Wildman–Crippen LogP) is 1.96. The Bertz CT molecular complexity index is 546. The monoisotopic (exact) mass is 309 g/mol. The van der Waals surface area contributed by atoms with Gasteiger partial charge in [0.15, 0.2) is 0 Å². The minimum absolute atomic E-state index is 0.149. The van der Waals surface area contributed by atoms with Gasteiger partial charge in [-0.3, -0.25) is 9.69 Å². The first-order valence-corrected chi connectivity index (χ1v) is 7.75. The third-order valence-corrected chi connectivity index (χ3v) is 4.74. The van der Waals surface area contributed by atoms with E-state index in [2.05, 4.69) is 10.2 Å². The third-order valence-electron chi connectivity index (χ3n) is 4.74. The van der Waals surface area contributed by atoms with Crippen LogP contribution in [0.4, 0.5) is 14.5 Å². The lowest BCUT2D eigenvalue weighted by molar-refractivity contribution is -0.117. The number of nitrogens with one attached hydrogen (secondary N) is 1. The van der Waals surface area contributed by atoms with Crippen LogP contribution in [0.25, 0.3) is 0 Å². The normalized spacial score (nSPS) is 28.4. The smallest absolute Gasteiger partial charge is 0.238 e. The predicted molar refractivity (Wildman–Crippen MR) is 80.2 cm³/mol. The van der Waals surface area contributed by atoms with Crippen molar-refractivity contribution >= 4 is 11.6 Å². The molecule has 3 rings (SSSR count). The van der Waals surface area contributed by atoms with Gasteiger partial charge < -0.3 is 11.1 Å². The van der Waals surface area contributed by atoms with Crippen LogP contribution in [0.5, 0.6) is 0 Å². The number of benzene rings is 1. The van der Waals surface area contributed by atoms with Crippen molar-refractivity contribution in [1.82, 2.24) is 4.90 Å². The summed E-state index contributed by atoms with van der Waals surface area (Å²) in [6.45, 7) is 1.94. The fourth-order valence-electron chi connectivity index (χ4n) is 3.77. The van der Waals surface area contributed by atoms with Gasteiger partial charge >= 0.3 is 0 Å². The van der Waals surface area contributed by atoms with Gasteiger partial charge in [0.25, 0.3) is 0 Å². The molecule has 0 bridgehead atoms. The molecular formula is C16H21F2N3O. The summed E-state index contributed by atoms with van der Waals surface area (Å²) >= 11 is 0. The molecule has 0 spiro atoms. The van der Waals surface area contributed by atoms with Crippen LogP contribution in [0.2, 0.25) is 0 Å². The van der Waals surface area contributed by atoms with Gasteiger partial charge in [-0.15, -0.1) is 0 Å². The number of nitrogens with two attached hydrogens (primary N) is 1. The zero-order valence-corrected chi connectivity index (χ0v) is 12.4. The SMILES string of the molecule is NC1CCCC2CN(CC(=O)Nc3cc(F)cc(F)c3)CC12. The molecule has 1 saturated carbocycles. The summed E-state index contributed by atoms with van der Waals surface area (Å²) in [5, 5.41) is 2.55. The van der Waals surface area contributed by atoms with Crippen LogP contribution in [0.15, 0.2) is 18.2 Å². The summed E-state index contributed by atoms with van der Waals surface area (Å²) in [4.78, 5) is 14.1. The zero-order valence-electron chi connectivity index (χ0n) is 12.4. The highest BCUT2D eigenvalue weighted by atomic mass is 19.1. The Morgan fingerprint density at radius 2 is 1.95 bits per heavy atom. The number of anilines is 1. The van der Waals surface area contributed by atoms with Crippen LogP contribution < -0.4 is 11.1 Å². The molecule has 0 aromatic heterocycles. The molecule has 1 aliphatic carbocycles. The average molecular weight is 309 g/mol. The van der Waals surface area contributed by atoms with Gasteiger partial charge in [0.05, 0.1) is 6.54 Å². The molecule has 2 fully saturated rings.